The van der Waals surface area contributed by atoms with Gasteiger partial charge in [0.2, 0.25) is 11.9 Å². The first-order valence-corrected chi connectivity index (χ1v) is 8.68. The lowest BCUT2D eigenvalue weighted by Gasteiger charge is -2.13. The maximum Gasteiger partial charge on any atom is 0.240 e. The van der Waals surface area contributed by atoms with Crippen LogP contribution in [0.15, 0.2) is 72.9 Å². The van der Waals surface area contributed by atoms with E-state index in [9.17, 15) is 4.79 Å². The number of nitrogens with one attached hydrogen (secondary N) is 1. The van der Waals surface area contributed by atoms with Gasteiger partial charge in [0.25, 0.3) is 0 Å². The van der Waals surface area contributed by atoms with Gasteiger partial charge in [-0.3, -0.25) is 4.79 Å². The van der Waals surface area contributed by atoms with Crippen molar-refractivity contribution < 1.29 is 4.79 Å². The summed E-state index contributed by atoms with van der Waals surface area (Å²) in [5.41, 5.74) is 10.1. The number of carbonyl (C=O) groups excluding carboxylic acids is 1. The van der Waals surface area contributed by atoms with Crippen LogP contribution in [0.25, 0.3) is 16.8 Å². The van der Waals surface area contributed by atoms with Crippen molar-refractivity contribution in [3.8, 4) is 11.1 Å². The molecule has 0 saturated heterocycles. The summed E-state index contributed by atoms with van der Waals surface area (Å²) < 4.78 is 1.65. The lowest BCUT2D eigenvalue weighted by Crippen LogP contribution is -2.18. The van der Waals surface area contributed by atoms with E-state index in [1.807, 2.05) is 79.9 Å². The first kappa shape index (κ1) is 16.8. The normalized spacial score (nSPS) is 12.0. The molecule has 1 amide bonds. The van der Waals surface area contributed by atoms with Gasteiger partial charge in [-0.2, -0.15) is 4.98 Å². The number of hydrogen-bond donors (Lipinski definition) is 2. The van der Waals surface area contributed by atoms with Crippen molar-refractivity contribution in [3.05, 3.63) is 78.5 Å². The molecule has 0 aliphatic heterocycles. The number of nitrogens with zero attached hydrogens (tertiary/aromatic N) is 3. The minimum absolute atomic E-state index is 0.0338. The second-order valence-corrected chi connectivity index (χ2v) is 6.39. The third-order valence-corrected chi connectivity index (χ3v) is 4.53. The van der Waals surface area contributed by atoms with Gasteiger partial charge in [-0.25, -0.2) is 4.52 Å². The number of anilines is 2. The van der Waals surface area contributed by atoms with Gasteiger partial charge < -0.3 is 11.1 Å². The number of carbonyl (C=O) groups is 1. The summed E-state index contributed by atoms with van der Waals surface area (Å²) in [5.74, 6) is -0.00253. The second-order valence-electron chi connectivity index (χ2n) is 6.39. The second kappa shape index (κ2) is 6.92. The molecule has 6 nitrogen and oxygen atoms in total. The molecule has 134 valence electrons. The van der Waals surface area contributed by atoms with Gasteiger partial charge in [0.15, 0.2) is 5.65 Å². The Morgan fingerprint density at radius 2 is 1.70 bits per heavy atom. The molecule has 0 radical (unpaired) electrons. The summed E-state index contributed by atoms with van der Waals surface area (Å²) >= 11 is 0. The number of aromatic nitrogens is 3. The molecular weight excluding hydrogens is 338 g/mol. The predicted molar refractivity (Wildman–Crippen MR) is 106 cm³/mol. The van der Waals surface area contributed by atoms with E-state index in [4.69, 9.17) is 5.73 Å². The molecule has 0 saturated carbocycles. The summed E-state index contributed by atoms with van der Waals surface area (Å²) in [4.78, 5) is 16.6. The van der Waals surface area contributed by atoms with Crippen LogP contribution in [0.3, 0.4) is 0 Å². The van der Waals surface area contributed by atoms with E-state index in [-0.39, 0.29) is 17.8 Å². The van der Waals surface area contributed by atoms with E-state index < -0.39 is 0 Å². The van der Waals surface area contributed by atoms with Crippen molar-refractivity contribution in [3.63, 3.8) is 0 Å². The van der Waals surface area contributed by atoms with Crippen molar-refractivity contribution in [1.29, 1.82) is 0 Å². The Balaban J connectivity index is 1.50. The Labute approximate surface area is 156 Å². The smallest absolute Gasteiger partial charge is 0.240 e. The van der Waals surface area contributed by atoms with E-state index in [0.29, 0.717) is 5.65 Å². The van der Waals surface area contributed by atoms with Crippen molar-refractivity contribution >= 4 is 23.2 Å². The standard InChI is InChI=1S/C21H19N5O/c1-14(15-5-3-2-4-6-15)20(27)23-18-10-7-16(8-11-18)17-9-12-19-24-21(22)25-26(19)13-17/h2-14H,1H3,(H2,22,25)(H,23,27). The van der Waals surface area contributed by atoms with E-state index in [0.717, 1.165) is 22.4 Å². The summed E-state index contributed by atoms with van der Waals surface area (Å²) in [5, 5.41) is 7.10. The Kier molecular flexibility index (Phi) is 4.30. The zero-order chi connectivity index (χ0) is 18.8. The monoisotopic (exact) mass is 357 g/mol. The van der Waals surface area contributed by atoms with Crippen molar-refractivity contribution in [2.45, 2.75) is 12.8 Å². The molecule has 0 fully saturated rings. The van der Waals surface area contributed by atoms with Crippen LogP contribution in [0, 0.1) is 0 Å². The number of hydrogen-bond acceptors (Lipinski definition) is 4. The lowest BCUT2D eigenvalue weighted by molar-refractivity contribution is -0.117. The van der Waals surface area contributed by atoms with Crippen molar-refractivity contribution in [2.24, 2.45) is 0 Å². The summed E-state index contributed by atoms with van der Waals surface area (Å²) in [6.45, 7) is 1.90. The molecule has 2 aromatic heterocycles. The summed E-state index contributed by atoms with van der Waals surface area (Å²) in [6.07, 6.45) is 1.88. The van der Waals surface area contributed by atoms with Crippen LogP contribution < -0.4 is 11.1 Å². The maximum absolute atomic E-state index is 12.5. The lowest BCUT2D eigenvalue weighted by atomic mass is 10.0. The molecule has 4 rings (SSSR count). The summed E-state index contributed by atoms with van der Waals surface area (Å²) in [7, 11) is 0. The highest BCUT2D eigenvalue weighted by atomic mass is 16.1. The first-order valence-electron chi connectivity index (χ1n) is 8.68. The van der Waals surface area contributed by atoms with Crippen molar-refractivity contribution in [2.75, 3.05) is 11.1 Å². The molecule has 0 aliphatic rings. The molecule has 0 bridgehead atoms. The first-order chi connectivity index (χ1) is 13.1. The van der Waals surface area contributed by atoms with Crippen LogP contribution in [-0.4, -0.2) is 20.5 Å². The Morgan fingerprint density at radius 3 is 2.44 bits per heavy atom. The summed E-state index contributed by atoms with van der Waals surface area (Å²) in [6, 6.07) is 21.3. The van der Waals surface area contributed by atoms with Crippen LogP contribution in [0.1, 0.15) is 18.4 Å². The van der Waals surface area contributed by atoms with Gasteiger partial charge in [0.1, 0.15) is 0 Å². The Hall–Kier alpha value is -3.67. The fourth-order valence-electron chi connectivity index (χ4n) is 2.96. The average Bonchev–Trinajstić information content (AvgIpc) is 3.07. The molecule has 0 spiro atoms. The van der Waals surface area contributed by atoms with Gasteiger partial charge in [0.05, 0.1) is 5.92 Å². The van der Waals surface area contributed by atoms with E-state index >= 15 is 0 Å². The van der Waals surface area contributed by atoms with Gasteiger partial charge >= 0.3 is 0 Å². The quantitative estimate of drug-likeness (QED) is 0.583. The van der Waals surface area contributed by atoms with E-state index in [1.54, 1.807) is 4.52 Å². The molecular formula is C21H19N5O. The number of fused-ring (bicyclic) bond motifs is 1. The number of pyridine rings is 1. The van der Waals surface area contributed by atoms with Gasteiger partial charge in [-0.05, 0) is 42.3 Å². The van der Waals surface area contributed by atoms with Crippen molar-refractivity contribution in [1.82, 2.24) is 14.6 Å². The Bertz CT molecular complexity index is 1090. The van der Waals surface area contributed by atoms with Crippen LogP contribution >= 0.6 is 0 Å². The van der Waals surface area contributed by atoms with Crippen LogP contribution in [0.4, 0.5) is 11.6 Å². The molecule has 1 unspecified atom stereocenters. The Morgan fingerprint density at radius 1 is 1.00 bits per heavy atom. The topological polar surface area (TPSA) is 85.3 Å². The number of benzene rings is 2. The van der Waals surface area contributed by atoms with E-state index in [2.05, 4.69) is 15.4 Å². The minimum Gasteiger partial charge on any atom is -0.366 e. The van der Waals surface area contributed by atoms with Crippen LogP contribution in [-0.2, 0) is 4.79 Å². The molecule has 3 N–H and O–H groups in total. The van der Waals surface area contributed by atoms with Crippen LogP contribution in [0.2, 0.25) is 0 Å². The highest BCUT2D eigenvalue weighted by molar-refractivity contribution is 5.95. The fourth-order valence-corrected chi connectivity index (χ4v) is 2.96. The van der Waals surface area contributed by atoms with Gasteiger partial charge in [-0.15, -0.1) is 5.10 Å². The van der Waals surface area contributed by atoms with Gasteiger partial charge in [0, 0.05) is 17.4 Å². The zero-order valence-corrected chi connectivity index (χ0v) is 14.8. The minimum atomic E-state index is -0.217. The SMILES string of the molecule is CC(C(=O)Nc1ccc(-c2ccc3nc(N)nn3c2)cc1)c1ccccc1. The molecule has 6 heteroatoms. The maximum atomic E-state index is 12.5. The molecule has 4 aromatic rings. The molecule has 2 heterocycles. The highest BCUT2D eigenvalue weighted by Gasteiger charge is 2.15. The van der Waals surface area contributed by atoms with Gasteiger partial charge in [-0.1, -0.05) is 42.5 Å². The van der Waals surface area contributed by atoms with E-state index in [1.165, 1.54) is 0 Å². The average molecular weight is 357 g/mol. The largest absolute Gasteiger partial charge is 0.366 e. The fraction of sp³-hybridized carbons (Fsp3) is 0.0952. The molecule has 27 heavy (non-hydrogen) atoms. The third-order valence-electron chi connectivity index (χ3n) is 4.53. The molecule has 2 aromatic carbocycles. The molecule has 1 atom stereocenters. The molecule has 0 aliphatic carbocycles. The van der Waals surface area contributed by atoms with Crippen LogP contribution in [0.5, 0.6) is 0 Å². The highest BCUT2D eigenvalue weighted by Crippen LogP contribution is 2.23. The number of nitrogen functional groups attached to an aromatic ring is 1. The number of amides is 1. The number of nitrogens with two attached hydrogens (primary N) is 1. The third kappa shape index (κ3) is 3.50. The number of rotatable bonds is 4. The predicted octanol–water partition coefficient (Wildman–Crippen LogP) is 3.72. The zero-order valence-electron chi connectivity index (χ0n) is 14.8.